The van der Waals surface area contributed by atoms with Gasteiger partial charge in [0.2, 0.25) is 0 Å². The van der Waals surface area contributed by atoms with Crippen LogP contribution in [0.5, 0.6) is 0 Å². The van der Waals surface area contributed by atoms with Gasteiger partial charge in [-0.05, 0) is 32.9 Å². The molecule has 0 aliphatic heterocycles. The summed E-state index contributed by atoms with van der Waals surface area (Å²) in [4.78, 5) is 34.0. The molecule has 0 atom stereocenters. The van der Waals surface area contributed by atoms with Gasteiger partial charge in [-0.2, -0.15) is 0 Å². The molecule has 116 valence electrons. The third kappa shape index (κ3) is 2.76. The molecular formula is C14H14N2O6. The Kier molecular flexibility index (Phi) is 3.62. The summed E-state index contributed by atoms with van der Waals surface area (Å²) in [6, 6.07) is 5.15. The highest BCUT2D eigenvalue weighted by molar-refractivity contribution is 6.03. The lowest BCUT2D eigenvalue weighted by atomic mass is 10.2. The average Bonchev–Trinajstić information content (AvgIpc) is 2.75. The maximum absolute atomic E-state index is 12.2. The number of carboxylic acid groups (broad SMARTS) is 1. The molecule has 1 aromatic heterocycles. The largest absolute Gasteiger partial charge is 0.477 e. The average molecular weight is 306 g/mol. The lowest BCUT2D eigenvalue weighted by Crippen LogP contribution is -2.28. The molecule has 1 aromatic carbocycles. The highest BCUT2D eigenvalue weighted by Crippen LogP contribution is 2.29. The Morgan fingerprint density at radius 1 is 1.32 bits per heavy atom. The minimum atomic E-state index is -1.38. The molecule has 0 fully saturated rings. The molecule has 0 aliphatic carbocycles. The van der Waals surface area contributed by atoms with E-state index in [0.29, 0.717) is 0 Å². The monoisotopic (exact) mass is 306 g/mol. The van der Waals surface area contributed by atoms with E-state index in [1.807, 2.05) is 0 Å². The quantitative estimate of drug-likeness (QED) is 0.674. The van der Waals surface area contributed by atoms with Crippen LogP contribution in [0, 0.1) is 10.1 Å². The van der Waals surface area contributed by atoms with Crippen LogP contribution in [-0.4, -0.2) is 32.3 Å². The van der Waals surface area contributed by atoms with Crippen LogP contribution in [0.25, 0.3) is 10.9 Å². The van der Waals surface area contributed by atoms with Crippen LogP contribution in [0.3, 0.4) is 0 Å². The number of carbonyl (C=O) groups excluding carboxylic acids is 1. The van der Waals surface area contributed by atoms with Gasteiger partial charge in [0.15, 0.2) is 0 Å². The minimum absolute atomic E-state index is 0.0655. The van der Waals surface area contributed by atoms with Crippen LogP contribution in [0.1, 0.15) is 31.3 Å². The predicted molar refractivity (Wildman–Crippen MR) is 77.2 cm³/mol. The summed E-state index contributed by atoms with van der Waals surface area (Å²) >= 11 is 0. The van der Waals surface area contributed by atoms with Crippen molar-refractivity contribution in [2.75, 3.05) is 0 Å². The zero-order valence-electron chi connectivity index (χ0n) is 12.2. The van der Waals surface area contributed by atoms with Crippen molar-refractivity contribution in [3.8, 4) is 0 Å². The van der Waals surface area contributed by atoms with Gasteiger partial charge in [0.05, 0.1) is 15.8 Å². The highest BCUT2D eigenvalue weighted by Gasteiger charge is 2.27. The number of rotatable bonds is 2. The Hall–Kier alpha value is -2.90. The van der Waals surface area contributed by atoms with Gasteiger partial charge in [-0.15, -0.1) is 0 Å². The van der Waals surface area contributed by atoms with E-state index in [-0.39, 0.29) is 16.6 Å². The number of aromatic carboxylic acids is 1. The summed E-state index contributed by atoms with van der Waals surface area (Å²) in [7, 11) is 0. The van der Waals surface area contributed by atoms with Crippen molar-refractivity contribution < 1.29 is 24.4 Å². The van der Waals surface area contributed by atoms with Crippen molar-refractivity contribution in [3.63, 3.8) is 0 Å². The van der Waals surface area contributed by atoms with Gasteiger partial charge in [-0.1, -0.05) is 6.07 Å². The molecule has 0 radical (unpaired) electrons. The number of carboxylic acids is 1. The fraction of sp³-hybridized carbons (Fsp3) is 0.286. The lowest BCUT2D eigenvalue weighted by Gasteiger charge is -2.20. The van der Waals surface area contributed by atoms with Crippen LogP contribution in [0.15, 0.2) is 24.3 Å². The molecule has 8 heteroatoms. The Bertz CT molecular complexity index is 784. The fourth-order valence-electron chi connectivity index (χ4n) is 2.04. The third-order valence-electron chi connectivity index (χ3n) is 2.81. The molecule has 0 saturated heterocycles. The van der Waals surface area contributed by atoms with Gasteiger partial charge >= 0.3 is 12.1 Å². The van der Waals surface area contributed by atoms with Crippen molar-refractivity contribution in [2.24, 2.45) is 0 Å². The number of nitro benzene ring substituents is 1. The number of non-ortho nitro benzene ring substituents is 1. The van der Waals surface area contributed by atoms with E-state index < -0.39 is 28.3 Å². The van der Waals surface area contributed by atoms with E-state index in [4.69, 9.17) is 4.74 Å². The van der Waals surface area contributed by atoms with Crippen LogP contribution in [0.4, 0.5) is 10.5 Å². The second-order valence-electron chi connectivity index (χ2n) is 5.62. The zero-order valence-corrected chi connectivity index (χ0v) is 12.2. The van der Waals surface area contributed by atoms with E-state index in [9.17, 15) is 24.8 Å². The zero-order chi connectivity index (χ0) is 16.7. The third-order valence-corrected chi connectivity index (χ3v) is 2.81. The summed E-state index contributed by atoms with van der Waals surface area (Å²) in [6.45, 7) is 4.92. The minimum Gasteiger partial charge on any atom is -0.477 e. The predicted octanol–water partition coefficient (Wildman–Crippen LogP) is 3.03. The molecule has 0 amide bonds. The number of nitrogens with zero attached hydrogens (tertiary/aromatic N) is 2. The molecule has 0 spiro atoms. The normalized spacial score (nSPS) is 11.4. The van der Waals surface area contributed by atoms with Crippen LogP contribution < -0.4 is 0 Å². The van der Waals surface area contributed by atoms with Gasteiger partial charge in [-0.25, -0.2) is 14.2 Å². The Morgan fingerprint density at radius 3 is 2.45 bits per heavy atom. The van der Waals surface area contributed by atoms with Crippen LogP contribution in [0.2, 0.25) is 0 Å². The molecule has 0 unspecified atom stereocenters. The van der Waals surface area contributed by atoms with Gasteiger partial charge < -0.3 is 9.84 Å². The first-order valence-corrected chi connectivity index (χ1v) is 6.37. The molecule has 1 N–H and O–H groups in total. The standard InChI is InChI=1S/C14H14N2O6/c1-14(2,3)22-13(19)15-9-5-4-6-10(16(20)21)8(9)7-11(15)12(17)18/h4-7H,1-3H3,(H,17,18). The van der Waals surface area contributed by atoms with Crippen LogP contribution in [-0.2, 0) is 4.74 Å². The molecule has 22 heavy (non-hydrogen) atoms. The van der Waals surface area contributed by atoms with Crippen molar-refractivity contribution in [2.45, 2.75) is 26.4 Å². The molecule has 8 nitrogen and oxygen atoms in total. The molecule has 1 heterocycles. The van der Waals surface area contributed by atoms with Gasteiger partial charge in [0.1, 0.15) is 11.3 Å². The molecule has 2 aromatic rings. The first kappa shape index (κ1) is 15.5. The summed E-state index contributed by atoms with van der Waals surface area (Å²) < 4.78 is 6.00. The van der Waals surface area contributed by atoms with Crippen LogP contribution >= 0.6 is 0 Å². The Labute approximate surface area is 125 Å². The first-order chi connectivity index (χ1) is 10.1. The van der Waals surface area contributed by atoms with Crippen molar-refractivity contribution in [1.29, 1.82) is 0 Å². The SMILES string of the molecule is CC(C)(C)OC(=O)n1c(C(=O)O)cc2c([N+](=O)[O-])cccc21. The van der Waals surface area contributed by atoms with E-state index in [1.165, 1.54) is 18.2 Å². The molecule has 2 rings (SSSR count). The number of hydrogen-bond donors (Lipinski definition) is 1. The molecule has 0 saturated carbocycles. The second kappa shape index (κ2) is 5.14. The van der Waals surface area contributed by atoms with Crippen molar-refractivity contribution >= 4 is 28.7 Å². The summed E-state index contributed by atoms with van der Waals surface area (Å²) in [5.74, 6) is -1.38. The molecular weight excluding hydrogens is 292 g/mol. The number of aromatic nitrogens is 1. The molecule has 0 aliphatic rings. The summed E-state index contributed by atoms with van der Waals surface area (Å²) in [5, 5.41) is 20.3. The van der Waals surface area contributed by atoms with Gasteiger partial charge in [0.25, 0.3) is 5.69 Å². The number of fused-ring (bicyclic) bond motifs is 1. The smallest absolute Gasteiger partial charge is 0.419 e. The number of ether oxygens (including phenoxy) is 1. The molecule has 0 bridgehead atoms. The maximum atomic E-state index is 12.2. The van der Waals surface area contributed by atoms with Gasteiger partial charge in [0, 0.05) is 6.07 Å². The summed E-state index contributed by atoms with van der Waals surface area (Å²) in [5.41, 5.74) is -1.38. The van der Waals surface area contributed by atoms with E-state index in [1.54, 1.807) is 20.8 Å². The Morgan fingerprint density at radius 2 is 1.95 bits per heavy atom. The lowest BCUT2D eigenvalue weighted by molar-refractivity contribution is -0.383. The summed E-state index contributed by atoms with van der Waals surface area (Å²) in [6.07, 6.45) is -0.902. The number of nitro groups is 1. The van der Waals surface area contributed by atoms with Crippen molar-refractivity contribution in [1.82, 2.24) is 4.57 Å². The number of benzene rings is 1. The topological polar surface area (TPSA) is 112 Å². The van der Waals surface area contributed by atoms with Gasteiger partial charge in [-0.3, -0.25) is 10.1 Å². The van der Waals surface area contributed by atoms with E-state index in [2.05, 4.69) is 0 Å². The maximum Gasteiger partial charge on any atom is 0.419 e. The van der Waals surface area contributed by atoms with E-state index >= 15 is 0 Å². The van der Waals surface area contributed by atoms with E-state index in [0.717, 1.165) is 10.6 Å². The highest BCUT2D eigenvalue weighted by atomic mass is 16.6. The number of carbonyl (C=O) groups is 2. The first-order valence-electron chi connectivity index (χ1n) is 6.37. The Balaban J connectivity index is 2.74. The number of hydrogen-bond acceptors (Lipinski definition) is 5. The van der Waals surface area contributed by atoms with Crippen molar-refractivity contribution in [3.05, 3.63) is 40.1 Å². The second-order valence-corrected chi connectivity index (χ2v) is 5.62. The fourth-order valence-corrected chi connectivity index (χ4v) is 2.04.